The third-order valence-corrected chi connectivity index (χ3v) is 2.45. The maximum atomic E-state index is 13.5. The van der Waals surface area contributed by atoms with Crippen LogP contribution in [0.2, 0.25) is 0 Å². The molecule has 106 valence electrons. The van der Waals surface area contributed by atoms with Crippen molar-refractivity contribution in [1.29, 1.82) is 0 Å². The molecule has 0 aliphatic carbocycles. The van der Waals surface area contributed by atoms with Gasteiger partial charge in [-0.2, -0.15) is 0 Å². The lowest BCUT2D eigenvalue weighted by Gasteiger charge is -2.05. The highest BCUT2D eigenvalue weighted by Crippen LogP contribution is 2.14. The number of aromatic amines is 1. The van der Waals surface area contributed by atoms with Crippen molar-refractivity contribution in [2.45, 2.75) is 0 Å². The Bertz CT molecular complexity index is 769. The molecule has 0 saturated heterocycles. The van der Waals surface area contributed by atoms with Crippen LogP contribution in [0.3, 0.4) is 0 Å². The van der Waals surface area contributed by atoms with E-state index in [-0.39, 0.29) is 17.8 Å². The smallest absolute Gasteiger partial charge is 0.275 e. The monoisotopic (exact) mass is 286 g/mol. The molecule has 0 bridgehead atoms. The Balaban J connectivity index is 2.21. The van der Waals surface area contributed by atoms with E-state index in [0.29, 0.717) is 5.69 Å². The van der Waals surface area contributed by atoms with Crippen molar-refractivity contribution in [3.05, 3.63) is 58.0 Å². The Labute approximate surface area is 119 Å². The molecule has 1 aromatic carbocycles. The number of H-pyrrole nitrogens is 1. The zero-order valence-corrected chi connectivity index (χ0v) is 10.8. The number of hydrogen-bond donors (Lipinski definition) is 3. The second kappa shape index (κ2) is 6.45. The fourth-order valence-corrected chi connectivity index (χ4v) is 1.51. The lowest BCUT2D eigenvalue weighted by Crippen LogP contribution is -2.17. The number of carbonyl (C=O) groups excluding carboxylic acids is 1. The summed E-state index contributed by atoms with van der Waals surface area (Å²) in [4.78, 5) is 28.8. The lowest BCUT2D eigenvalue weighted by atomic mass is 10.2. The van der Waals surface area contributed by atoms with Gasteiger partial charge in [-0.1, -0.05) is 11.8 Å². The topological polar surface area (TPSA) is 101 Å². The maximum Gasteiger partial charge on any atom is 0.275 e. The summed E-state index contributed by atoms with van der Waals surface area (Å²) in [5, 5.41) is 2.53. The minimum Gasteiger partial charge on any atom is -0.325 e. The van der Waals surface area contributed by atoms with Crippen molar-refractivity contribution in [2.75, 3.05) is 11.9 Å². The van der Waals surface area contributed by atoms with Gasteiger partial charge in [0, 0.05) is 11.9 Å². The fourth-order valence-electron chi connectivity index (χ4n) is 1.51. The zero-order chi connectivity index (χ0) is 15.2. The van der Waals surface area contributed by atoms with Gasteiger partial charge in [-0.05, 0) is 18.2 Å². The van der Waals surface area contributed by atoms with Crippen LogP contribution in [0.4, 0.5) is 10.1 Å². The van der Waals surface area contributed by atoms with Crippen molar-refractivity contribution < 1.29 is 9.18 Å². The van der Waals surface area contributed by atoms with Crippen LogP contribution in [-0.4, -0.2) is 22.4 Å². The van der Waals surface area contributed by atoms with Gasteiger partial charge in [-0.15, -0.1) is 0 Å². The Hall–Kier alpha value is -2.98. The van der Waals surface area contributed by atoms with Gasteiger partial charge in [-0.25, -0.2) is 9.37 Å². The normalized spacial score (nSPS) is 9.62. The highest BCUT2D eigenvalue weighted by molar-refractivity contribution is 6.02. The summed E-state index contributed by atoms with van der Waals surface area (Å²) in [7, 11) is 0. The number of amides is 1. The van der Waals surface area contributed by atoms with E-state index in [4.69, 9.17) is 5.73 Å². The highest BCUT2D eigenvalue weighted by Gasteiger charge is 2.09. The van der Waals surface area contributed by atoms with E-state index in [1.165, 1.54) is 24.4 Å². The number of hydrogen-bond acceptors (Lipinski definition) is 4. The number of nitrogens with one attached hydrogen (secondary N) is 2. The van der Waals surface area contributed by atoms with Crippen LogP contribution in [0.5, 0.6) is 0 Å². The number of benzene rings is 1. The Kier molecular flexibility index (Phi) is 4.43. The third-order valence-electron chi connectivity index (χ3n) is 2.45. The molecular formula is C14H11FN4O2. The van der Waals surface area contributed by atoms with Crippen molar-refractivity contribution in [1.82, 2.24) is 9.97 Å². The summed E-state index contributed by atoms with van der Waals surface area (Å²) >= 11 is 0. The van der Waals surface area contributed by atoms with Gasteiger partial charge in [0.15, 0.2) is 0 Å². The molecule has 2 rings (SSSR count). The first-order chi connectivity index (χ1) is 10.1. The summed E-state index contributed by atoms with van der Waals surface area (Å²) < 4.78 is 13.5. The van der Waals surface area contributed by atoms with Crippen LogP contribution >= 0.6 is 0 Å². The molecule has 2 aromatic rings. The predicted octanol–water partition coefficient (Wildman–Crippen LogP) is 0.471. The molecule has 1 heterocycles. The van der Waals surface area contributed by atoms with Crippen LogP contribution < -0.4 is 16.6 Å². The molecule has 0 atom stereocenters. The molecule has 0 spiro atoms. The number of anilines is 1. The van der Waals surface area contributed by atoms with E-state index in [1.54, 1.807) is 0 Å². The molecule has 21 heavy (non-hydrogen) atoms. The van der Waals surface area contributed by atoms with E-state index in [2.05, 4.69) is 27.1 Å². The molecule has 0 unspecified atom stereocenters. The van der Waals surface area contributed by atoms with E-state index >= 15 is 0 Å². The first-order valence-corrected chi connectivity index (χ1v) is 5.94. The minimum atomic E-state index is -0.532. The predicted molar refractivity (Wildman–Crippen MR) is 75.1 cm³/mol. The van der Waals surface area contributed by atoms with E-state index < -0.39 is 17.3 Å². The number of nitrogens with zero attached hydrogens (tertiary/aromatic N) is 1. The van der Waals surface area contributed by atoms with Crippen LogP contribution in [-0.2, 0) is 0 Å². The molecule has 1 amide bonds. The van der Waals surface area contributed by atoms with Crippen molar-refractivity contribution in [3.63, 3.8) is 0 Å². The average Bonchev–Trinajstić information content (AvgIpc) is 2.48. The number of carbonyl (C=O) groups is 1. The molecular weight excluding hydrogens is 275 g/mol. The SMILES string of the molecule is NCC#Cc1cc(NC(=O)c2c[nH]c(=O)cn2)ccc1F. The van der Waals surface area contributed by atoms with Crippen molar-refractivity contribution in [2.24, 2.45) is 5.73 Å². The second-order valence-corrected chi connectivity index (χ2v) is 3.95. The standard InChI is InChI=1S/C14H11FN4O2/c15-11-4-3-10(6-9(11)2-1-5-16)19-14(21)12-7-18-13(20)8-17-12/h3-4,6-8H,5,16H2,(H,18,20)(H,19,21). The van der Waals surface area contributed by atoms with Crippen molar-refractivity contribution in [3.8, 4) is 11.8 Å². The summed E-state index contributed by atoms with van der Waals surface area (Å²) in [5.74, 6) is 4.07. The molecule has 0 aliphatic rings. The van der Waals surface area contributed by atoms with E-state index in [9.17, 15) is 14.0 Å². The first-order valence-electron chi connectivity index (χ1n) is 5.94. The molecule has 7 heteroatoms. The molecule has 0 radical (unpaired) electrons. The lowest BCUT2D eigenvalue weighted by molar-refractivity contribution is 0.102. The number of nitrogens with two attached hydrogens (primary N) is 1. The van der Waals surface area contributed by atoms with Crippen LogP contribution in [0.1, 0.15) is 16.1 Å². The molecule has 0 aliphatic heterocycles. The largest absolute Gasteiger partial charge is 0.325 e. The summed E-state index contributed by atoms with van der Waals surface area (Å²) in [6, 6.07) is 3.98. The molecule has 1 aromatic heterocycles. The Morgan fingerprint density at radius 2 is 2.29 bits per heavy atom. The van der Waals surface area contributed by atoms with Crippen LogP contribution in [0.15, 0.2) is 35.4 Å². The van der Waals surface area contributed by atoms with Gasteiger partial charge in [0.25, 0.3) is 11.5 Å². The minimum absolute atomic E-state index is 0.0357. The van der Waals surface area contributed by atoms with Gasteiger partial charge >= 0.3 is 0 Å². The van der Waals surface area contributed by atoms with E-state index in [1.807, 2.05) is 0 Å². The fraction of sp³-hybridized carbons (Fsp3) is 0.0714. The summed E-state index contributed by atoms with van der Waals surface area (Å²) in [6.45, 7) is 0.108. The zero-order valence-electron chi connectivity index (χ0n) is 10.8. The van der Waals surface area contributed by atoms with Gasteiger partial charge in [0.1, 0.15) is 11.5 Å². The highest BCUT2D eigenvalue weighted by atomic mass is 19.1. The average molecular weight is 286 g/mol. The third kappa shape index (κ3) is 3.75. The van der Waals surface area contributed by atoms with Crippen LogP contribution in [0.25, 0.3) is 0 Å². The van der Waals surface area contributed by atoms with Gasteiger partial charge in [0.2, 0.25) is 0 Å². The number of aromatic nitrogens is 2. The second-order valence-electron chi connectivity index (χ2n) is 3.95. The molecule has 0 saturated carbocycles. The van der Waals surface area contributed by atoms with Gasteiger partial charge in [0.05, 0.1) is 18.3 Å². The number of halogens is 1. The maximum absolute atomic E-state index is 13.5. The van der Waals surface area contributed by atoms with E-state index in [0.717, 1.165) is 6.20 Å². The summed E-state index contributed by atoms with van der Waals surface area (Å²) in [5.41, 5.74) is 5.35. The summed E-state index contributed by atoms with van der Waals surface area (Å²) in [6.07, 6.45) is 2.19. The first kappa shape index (κ1) is 14.4. The molecule has 6 nitrogen and oxygen atoms in total. The van der Waals surface area contributed by atoms with Crippen molar-refractivity contribution >= 4 is 11.6 Å². The number of rotatable bonds is 2. The van der Waals surface area contributed by atoms with Crippen LogP contribution in [0, 0.1) is 17.7 Å². The Morgan fingerprint density at radius 3 is 2.95 bits per heavy atom. The van der Waals surface area contributed by atoms with Gasteiger partial charge < -0.3 is 16.0 Å². The Morgan fingerprint density at radius 1 is 1.48 bits per heavy atom. The molecule has 4 N–H and O–H groups in total. The molecule has 0 fully saturated rings. The quantitative estimate of drug-likeness (QED) is 0.699. The van der Waals surface area contributed by atoms with Gasteiger partial charge in [-0.3, -0.25) is 9.59 Å².